The van der Waals surface area contributed by atoms with Gasteiger partial charge in [0, 0.05) is 12.2 Å². The Morgan fingerprint density at radius 1 is 1.29 bits per heavy atom. The van der Waals surface area contributed by atoms with Crippen LogP contribution in [0.15, 0.2) is 24.3 Å². The molecule has 1 aromatic rings. The van der Waals surface area contributed by atoms with Gasteiger partial charge >= 0.3 is 12.0 Å². The molecule has 1 unspecified atom stereocenters. The summed E-state index contributed by atoms with van der Waals surface area (Å²) < 4.78 is 0. The van der Waals surface area contributed by atoms with Crippen LogP contribution in [0.1, 0.15) is 38.7 Å². The molecule has 3 N–H and O–H groups in total. The summed E-state index contributed by atoms with van der Waals surface area (Å²) in [6.07, 6.45) is 2.39. The SMILES string of the molecule is CCC(C)CNC(=O)Nc1ccc(C2(C(=O)O)CC2)cc1. The maximum absolute atomic E-state index is 11.7. The average molecular weight is 290 g/mol. The number of rotatable bonds is 6. The lowest BCUT2D eigenvalue weighted by Crippen LogP contribution is -2.32. The fourth-order valence-corrected chi connectivity index (χ4v) is 2.21. The van der Waals surface area contributed by atoms with E-state index in [0.29, 0.717) is 31.0 Å². The van der Waals surface area contributed by atoms with Gasteiger partial charge in [0.15, 0.2) is 0 Å². The van der Waals surface area contributed by atoms with Gasteiger partial charge in [0.25, 0.3) is 0 Å². The summed E-state index contributed by atoms with van der Waals surface area (Å²) in [7, 11) is 0. The fraction of sp³-hybridized carbons (Fsp3) is 0.500. The lowest BCUT2D eigenvalue weighted by Gasteiger charge is -2.13. The van der Waals surface area contributed by atoms with Gasteiger partial charge in [-0.25, -0.2) is 4.79 Å². The third-order valence-electron chi connectivity index (χ3n) is 4.16. The molecule has 2 rings (SSSR count). The molecule has 1 saturated carbocycles. The highest BCUT2D eigenvalue weighted by Gasteiger charge is 2.51. The molecule has 1 fully saturated rings. The summed E-state index contributed by atoms with van der Waals surface area (Å²) >= 11 is 0. The number of carbonyl (C=O) groups is 2. The lowest BCUT2D eigenvalue weighted by molar-refractivity contribution is -0.140. The zero-order valence-corrected chi connectivity index (χ0v) is 12.5. The molecule has 1 aliphatic carbocycles. The number of hydrogen-bond acceptors (Lipinski definition) is 2. The quantitative estimate of drug-likeness (QED) is 0.753. The highest BCUT2D eigenvalue weighted by molar-refractivity contribution is 5.89. The molecule has 114 valence electrons. The molecule has 0 radical (unpaired) electrons. The van der Waals surface area contributed by atoms with Gasteiger partial charge in [-0.2, -0.15) is 0 Å². The van der Waals surface area contributed by atoms with Crippen molar-refractivity contribution >= 4 is 17.7 Å². The molecule has 21 heavy (non-hydrogen) atoms. The van der Waals surface area contributed by atoms with Crippen molar-refractivity contribution in [2.75, 3.05) is 11.9 Å². The van der Waals surface area contributed by atoms with Crippen molar-refractivity contribution in [3.05, 3.63) is 29.8 Å². The largest absolute Gasteiger partial charge is 0.481 e. The molecule has 0 aliphatic heterocycles. The molecule has 0 bridgehead atoms. The van der Waals surface area contributed by atoms with Gasteiger partial charge in [0.1, 0.15) is 0 Å². The van der Waals surface area contributed by atoms with Crippen LogP contribution in [0.4, 0.5) is 10.5 Å². The van der Waals surface area contributed by atoms with E-state index in [1.165, 1.54) is 0 Å². The predicted octanol–water partition coefficient (Wildman–Crippen LogP) is 2.97. The summed E-state index contributed by atoms with van der Waals surface area (Å²) in [4.78, 5) is 23.0. The maximum atomic E-state index is 11.7. The summed E-state index contributed by atoms with van der Waals surface area (Å²) in [6.45, 7) is 4.80. The second kappa shape index (κ2) is 6.16. The van der Waals surface area contributed by atoms with E-state index in [0.717, 1.165) is 12.0 Å². The van der Waals surface area contributed by atoms with Crippen LogP contribution >= 0.6 is 0 Å². The molecule has 0 heterocycles. The van der Waals surface area contributed by atoms with Crippen LogP contribution in [0.25, 0.3) is 0 Å². The zero-order chi connectivity index (χ0) is 15.5. The molecule has 0 spiro atoms. The van der Waals surface area contributed by atoms with Crippen LogP contribution in [0.3, 0.4) is 0 Å². The predicted molar refractivity (Wildman–Crippen MR) is 81.5 cm³/mol. The van der Waals surface area contributed by atoms with Gasteiger partial charge in [0.2, 0.25) is 0 Å². The van der Waals surface area contributed by atoms with Crippen LogP contribution in [-0.4, -0.2) is 23.7 Å². The van der Waals surface area contributed by atoms with Crippen molar-refractivity contribution < 1.29 is 14.7 Å². The number of anilines is 1. The van der Waals surface area contributed by atoms with E-state index < -0.39 is 11.4 Å². The summed E-state index contributed by atoms with van der Waals surface area (Å²) in [5, 5.41) is 14.8. The summed E-state index contributed by atoms with van der Waals surface area (Å²) in [5.41, 5.74) is 0.777. The third kappa shape index (κ3) is 3.54. The van der Waals surface area contributed by atoms with Crippen LogP contribution in [0.2, 0.25) is 0 Å². The fourth-order valence-electron chi connectivity index (χ4n) is 2.21. The third-order valence-corrected chi connectivity index (χ3v) is 4.16. The zero-order valence-electron chi connectivity index (χ0n) is 12.5. The number of carboxylic acid groups (broad SMARTS) is 1. The van der Waals surface area contributed by atoms with Crippen molar-refractivity contribution in [2.24, 2.45) is 5.92 Å². The van der Waals surface area contributed by atoms with E-state index >= 15 is 0 Å². The first-order valence-corrected chi connectivity index (χ1v) is 7.36. The van der Waals surface area contributed by atoms with Crippen LogP contribution in [0, 0.1) is 5.92 Å². The van der Waals surface area contributed by atoms with Gasteiger partial charge < -0.3 is 15.7 Å². The Morgan fingerprint density at radius 3 is 2.38 bits per heavy atom. The highest BCUT2D eigenvalue weighted by atomic mass is 16.4. The van der Waals surface area contributed by atoms with Crippen molar-refractivity contribution in [2.45, 2.75) is 38.5 Å². The van der Waals surface area contributed by atoms with E-state index in [4.69, 9.17) is 0 Å². The lowest BCUT2D eigenvalue weighted by atomic mass is 9.96. The first-order valence-electron chi connectivity index (χ1n) is 7.36. The number of nitrogens with one attached hydrogen (secondary N) is 2. The standard InChI is InChI=1S/C16H22N2O3/c1-3-11(2)10-17-15(21)18-13-6-4-12(5-7-13)16(8-9-16)14(19)20/h4-7,11H,3,8-10H2,1-2H3,(H,19,20)(H2,17,18,21). The number of aliphatic carboxylic acids is 1. The molecule has 2 amide bonds. The van der Waals surface area contributed by atoms with Gasteiger partial charge in [-0.1, -0.05) is 32.4 Å². The second-order valence-corrected chi connectivity index (χ2v) is 5.81. The number of carbonyl (C=O) groups excluding carboxylic acids is 1. The smallest absolute Gasteiger partial charge is 0.319 e. The summed E-state index contributed by atoms with van der Waals surface area (Å²) in [6, 6.07) is 6.83. The Bertz CT molecular complexity index is 521. The Kier molecular flexibility index (Phi) is 4.50. The van der Waals surface area contributed by atoms with Crippen molar-refractivity contribution in [1.82, 2.24) is 5.32 Å². The maximum Gasteiger partial charge on any atom is 0.319 e. The van der Waals surface area contributed by atoms with E-state index in [1.54, 1.807) is 24.3 Å². The minimum atomic E-state index is -0.769. The van der Waals surface area contributed by atoms with Crippen molar-refractivity contribution in [1.29, 1.82) is 0 Å². The minimum Gasteiger partial charge on any atom is -0.481 e. The molecular formula is C16H22N2O3. The van der Waals surface area contributed by atoms with Crippen molar-refractivity contribution in [3.63, 3.8) is 0 Å². The number of amides is 2. The minimum absolute atomic E-state index is 0.234. The van der Waals surface area contributed by atoms with E-state index in [1.807, 2.05) is 0 Å². The molecule has 5 heteroatoms. The normalized spacial score (nSPS) is 16.9. The van der Waals surface area contributed by atoms with Crippen molar-refractivity contribution in [3.8, 4) is 0 Å². The monoisotopic (exact) mass is 290 g/mol. The number of benzene rings is 1. The molecule has 1 aromatic carbocycles. The molecule has 0 aromatic heterocycles. The van der Waals surface area contributed by atoms with Crippen LogP contribution in [-0.2, 0) is 10.2 Å². The highest BCUT2D eigenvalue weighted by Crippen LogP contribution is 2.48. The average Bonchev–Trinajstić information content (AvgIpc) is 3.27. The van der Waals surface area contributed by atoms with Crippen LogP contribution in [0.5, 0.6) is 0 Å². The topological polar surface area (TPSA) is 78.4 Å². The molecule has 0 saturated heterocycles. The Morgan fingerprint density at radius 2 is 1.90 bits per heavy atom. The number of carboxylic acids is 1. The second-order valence-electron chi connectivity index (χ2n) is 5.81. The molecular weight excluding hydrogens is 268 g/mol. The molecule has 1 aliphatic rings. The Labute approximate surface area is 124 Å². The van der Waals surface area contributed by atoms with Gasteiger partial charge in [-0.3, -0.25) is 4.79 Å². The Hall–Kier alpha value is -2.04. The van der Waals surface area contributed by atoms with E-state index in [9.17, 15) is 14.7 Å². The van der Waals surface area contributed by atoms with Gasteiger partial charge in [-0.05, 0) is 36.5 Å². The van der Waals surface area contributed by atoms with Crippen LogP contribution < -0.4 is 10.6 Å². The van der Waals surface area contributed by atoms with Gasteiger partial charge in [0.05, 0.1) is 5.41 Å². The van der Waals surface area contributed by atoms with Gasteiger partial charge in [-0.15, -0.1) is 0 Å². The number of urea groups is 1. The first-order chi connectivity index (χ1) is 9.98. The molecule has 5 nitrogen and oxygen atoms in total. The Balaban J connectivity index is 1.91. The summed E-state index contributed by atoms with van der Waals surface area (Å²) in [5.74, 6) is -0.321. The van der Waals surface area contributed by atoms with E-state index in [2.05, 4.69) is 24.5 Å². The molecule has 1 atom stereocenters. The van der Waals surface area contributed by atoms with E-state index in [-0.39, 0.29) is 6.03 Å². The first kappa shape index (κ1) is 15.4. The number of hydrogen-bond donors (Lipinski definition) is 3.